The van der Waals surface area contributed by atoms with Crippen molar-refractivity contribution in [2.45, 2.75) is 6.04 Å². The fourth-order valence-corrected chi connectivity index (χ4v) is 2.54. The van der Waals surface area contributed by atoms with Crippen LogP contribution < -0.4 is 5.32 Å². The van der Waals surface area contributed by atoms with Gasteiger partial charge < -0.3 is 9.73 Å². The summed E-state index contributed by atoms with van der Waals surface area (Å²) in [4.78, 5) is 0. The number of rotatable bonds is 3. The summed E-state index contributed by atoms with van der Waals surface area (Å²) in [7, 11) is 1.87. The van der Waals surface area contributed by atoms with E-state index in [1.54, 1.807) is 6.20 Å². The molecule has 2 heterocycles. The molecule has 1 N–H and O–H groups in total. The summed E-state index contributed by atoms with van der Waals surface area (Å²) in [5.41, 5.74) is 1.67. The molecule has 0 fully saturated rings. The normalized spacial score (nSPS) is 13.0. The Morgan fingerprint density at radius 2 is 2.28 bits per heavy atom. The van der Waals surface area contributed by atoms with E-state index in [1.165, 1.54) is 11.7 Å². The SMILES string of the molecule is CNC(c1cnsn1)c1cc2cc(Cl)ccc2o1. The largest absolute Gasteiger partial charge is 0.459 e. The van der Waals surface area contributed by atoms with Crippen LogP contribution >= 0.6 is 23.3 Å². The third-order valence-electron chi connectivity index (χ3n) is 2.74. The minimum absolute atomic E-state index is 0.0880. The van der Waals surface area contributed by atoms with Gasteiger partial charge in [0.05, 0.1) is 23.6 Å². The molecule has 3 rings (SSSR count). The van der Waals surface area contributed by atoms with Crippen molar-refractivity contribution in [3.8, 4) is 0 Å². The lowest BCUT2D eigenvalue weighted by Gasteiger charge is -2.09. The van der Waals surface area contributed by atoms with E-state index in [9.17, 15) is 0 Å². The first-order valence-electron chi connectivity index (χ1n) is 5.41. The van der Waals surface area contributed by atoms with E-state index in [2.05, 4.69) is 14.1 Å². The number of furan rings is 1. The molecule has 0 spiro atoms. The summed E-state index contributed by atoms with van der Waals surface area (Å²) in [6.45, 7) is 0. The van der Waals surface area contributed by atoms with E-state index in [1.807, 2.05) is 31.3 Å². The van der Waals surface area contributed by atoms with Crippen molar-refractivity contribution < 1.29 is 4.42 Å². The highest BCUT2D eigenvalue weighted by Crippen LogP contribution is 2.28. The van der Waals surface area contributed by atoms with Gasteiger partial charge in [0.15, 0.2) is 0 Å². The first-order valence-corrected chi connectivity index (χ1v) is 6.52. The van der Waals surface area contributed by atoms with Crippen LogP contribution in [0.2, 0.25) is 5.02 Å². The Bertz CT molecular complexity index is 665. The van der Waals surface area contributed by atoms with Crippen LogP contribution in [0.15, 0.2) is 34.9 Å². The Morgan fingerprint density at radius 3 is 3.00 bits per heavy atom. The van der Waals surface area contributed by atoms with Gasteiger partial charge in [0.1, 0.15) is 17.4 Å². The van der Waals surface area contributed by atoms with Crippen molar-refractivity contribution in [1.82, 2.24) is 14.1 Å². The maximum Gasteiger partial charge on any atom is 0.134 e. The molecule has 2 aromatic heterocycles. The number of nitrogens with one attached hydrogen (secondary N) is 1. The molecule has 0 bridgehead atoms. The van der Waals surface area contributed by atoms with Gasteiger partial charge in [0, 0.05) is 10.4 Å². The zero-order valence-corrected chi connectivity index (χ0v) is 11.1. The molecule has 1 unspecified atom stereocenters. The van der Waals surface area contributed by atoms with Crippen LogP contribution in [-0.4, -0.2) is 15.8 Å². The third kappa shape index (κ3) is 2.01. The summed E-state index contributed by atoms with van der Waals surface area (Å²) < 4.78 is 14.1. The van der Waals surface area contributed by atoms with Crippen LogP contribution in [-0.2, 0) is 0 Å². The van der Waals surface area contributed by atoms with E-state index in [0.717, 1.165) is 22.4 Å². The van der Waals surface area contributed by atoms with Gasteiger partial charge in [-0.25, -0.2) is 0 Å². The van der Waals surface area contributed by atoms with Gasteiger partial charge in [-0.15, -0.1) is 0 Å². The predicted octanol–water partition coefficient (Wildman–Crippen LogP) is 3.25. The number of aromatic nitrogens is 2. The number of nitrogens with zero attached hydrogens (tertiary/aromatic N) is 2. The Labute approximate surface area is 113 Å². The van der Waals surface area contributed by atoms with Crippen LogP contribution in [0.5, 0.6) is 0 Å². The minimum Gasteiger partial charge on any atom is -0.459 e. The molecule has 3 aromatic rings. The number of fused-ring (bicyclic) bond motifs is 1. The molecule has 0 amide bonds. The lowest BCUT2D eigenvalue weighted by atomic mass is 10.1. The van der Waals surface area contributed by atoms with Crippen molar-refractivity contribution in [2.24, 2.45) is 0 Å². The van der Waals surface area contributed by atoms with E-state index in [0.29, 0.717) is 5.02 Å². The average molecular weight is 280 g/mol. The molecule has 4 nitrogen and oxygen atoms in total. The van der Waals surface area contributed by atoms with E-state index in [4.69, 9.17) is 16.0 Å². The molecule has 1 aromatic carbocycles. The second kappa shape index (κ2) is 4.68. The predicted molar refractivity (Wildman–Crippen MR) is 72.0 cm³/mol. The first kappa shape index (κ1) is 11.6. The number of hydrogen-bond donors (Lipinski definition) is 1. The molecule has 92 valence electrons. The van der Waals surface area contributed by atoms with Crippen molar-refractivity contribution in [2.75, 3.05) is 7.05 Å². The number of benzene rings is 1. The fraction of sp³-hybridized carbons (Fsp3) is 0.167. The van der Waals surface area contributed by atoms with E-state index < -0.39 is 0 Å². The summed E-state index contributed by atoms with van der Waals surface area (Å²) in [6.07, 6.45) is 1.74. The number of halogens is 1. The van der Waals surface area contributed by atoms with Gasteiger partial charge in [0.2, 0.25) is 0 Å². The molecule has 0 radical (unpaired) electrons. The summed E-state index contributed by atoms with van der Waals surface area (Å²) in [5.74, 6) is 0.808. The van der Waals surface area contributed by atoms with Crippen LogP contribution in [0.4, 0.5) is 0 Å². The fourth-order valence-electron chi connectivity index (χ4n) is 1.91. The minimum atomic E-state index is -0.0880. The van der Waals surface area contributed by atoms with Crippen molar-refractivity contribution >= 4 is 34.3 Å². The van der Waals surface area contributed by atoms with Crippen molar-refractivity contribution in [3.63, 3.8) is 0 Å². The van der Waals surface area contributed by atoms with Crippen molar-refractivity contribution in [1.29, 1.82) is 0 Å². The zero-order chi connectivity index (χ0) is 12.5. The smallest absolute Gasteiger partial charge is 0.134 e. The summed E-state index contributed by atoms with van der Waals surface area (Å²) in [6, 6.07) is 7.45. The second-order valence-electron chi connectivity index (χ2n) is 3.88. The molecule has 18 heavy (non-hydrogen) atoms. The first-order chi connectivity index (χ1) is 8.78. The molecule has 0 aliphatic heterocycles. The summed E-state index contributed by atoms with van der Waals surface area (Å²) in [5, 5.41) is 4.86. The molecule has 6 heteroatoms. The Hall–Kier alpha value is -1.43. The van der Waals surface area contributed by atoms with Gasteiger partial charge in [-0.1, -0.05) is 11.6 Å². The van der Waals surface area contributed by atoms with Gasteiger partial charge >= 0.3 is 0 Å². The Kier molecular flexibility index (Phi) is 3.03. The maximum atomic E-state index is 5.96. The molecule has 0 saturated heterocycles. The molecular weight excluding hydrogens is 270 g/mol. The highest BCUT2D eigenvalue weighted by molar-refractivity contribution is 6.99. The zero-order valence-electron chi connectivity index (χ0n) is 9.55. The Balaban J connectivity index is 2.07. The summed E-state index contributed by atoms with van der Waals surface area (Å²) >= 11 is 7.15. The average Bonchev–Trinajstić information content (AvgIpc) is 2.98. The lowest BCUT2D eigenvalue weighted by Crippen LogP contribution is -2.17. The van der Waals surface area contributed by atoms with Crippen LogP contribution in [0.25, 0.3) is 11.0 Å². The Morgan fingerprint density at radius 1 is 1.39 bits per heavy atom. The molecule has 0 saturated carbocycles. The molecule has 0 aliphatic carbocycles. The van der Waals surface area contributed by atoms with Gasteiger partial charge in [-0.2, -0.15) is 8.75 Å². The monoisotopic (exact) mass is 279 g/mol. The van der Waals surface area contributed by atoms with Crippen LogP contribution in [0.3, 0.4) is 0 Å². The van der Waals surface area contributed by atoms with Gasteiger partial charge in [0.25, 0.3) is 0 Å². The van der Waals surface area contributed by atoms with Crippen molar-refractivity contribution in [3.05, 3.63) is 46.9 Å². The number of hydrogen-bond acceptors (Lipinski definition) is 5. The quantitative estimate of drug-likeness (QED) is 0.800. The highest BCUT2D eigenvalue weighted by atomic mass is 35.5. The molecule has 0 aliphatic rings. The highest BCUT2D eigenvalue weighted by Gasteiger charge is 2.19. The molecule has 1 atom stereocenters. The van der Waals surface area contributed by atoms with Gasteiger partial charge in [-0.05, 0) is 31.3 Å². The topological polar surface area (TPSA) is 51.0 Å². The standard InChI is InChI=1S/C12H10ClN3OS/c1-14-12(9-6-15-18-16-9)11-5-7-4-8(13)2-3-10(7)17-11/h2-6,12,14H,1H3. The lowest BCUT2D eigenvalue weighted by molar-refractivity contribution is 0.487. The van der Waals surface area contributed by atoms with Gasteiger partial charge in [-0.3, -0.25) is 0 Å². The third-order valence-corrected chi connectivity index (χ3v) is 3.47. The van der Waals surface area contributed by atoms with E-state index in [-0.39, 0.29) is 6.04 Å². The van der Waals surface area contributed by atoms with Crippen LogP contribution in [0.1, 0.15) is 17.5 Å². The van der Waals surface area contributed by atoms with Crippen LogP contribution in [0, 0.1) is 0 Å². The molecular formula is C12H10ClN3OS. The van der Waals surface area contributed by atoms with E-state index >= 15 is 0 Å². The maximum absolute atomic E-state index is 5.96. The second-order valence-corrected chi connectivity index (χ2v) is 4.88.